The van der Waals surface area contributed by atoms with E-state index in [4.69, 9.17) is 0 Å². The molecule has 0 bridgehead atoms. The minimum Gasteiger partial charge on any atom is -0.508 e. The molecule has 3 aromatic rings. The van der Waals surface area contributed by atoms with Crippen molar-refractivity contribution in [2.45, 2.75) is 19.8 Å². The zero-order valence-corrected chi connectivity index (χ0v) is 18.7. The van der Waals surface area contributed by atoms with Crippen LogP contribution < -0.4 is 4.31 Å². The first-order chi connectivity index (χ1) is 15.3. The molecule has 9 heteroatoms. The van der Waals surface area contributed by atoms with Crippen molar-refractivity contribution in [1.82, 2.24) is 14.9 Å². The summed E-state index contributed by atoms with van der Waals surface area (Å²) in [6.45, 7) is 4.47. The zero-order valence-electron chi connectivity index (χ0n) is 17.8. The van der Waals surface area contributed by atoms with Crippen molar-refractivity contribution < 1.29 is 18.1 Å². The lowest BCUT2D eigenvalue weighted by Gasteiger charge is -2.25. The molecule has 1 fully saturated rings. The van der Waals surface area contributed by atoms with Crippen molar-refractivity contribution >= 4 is 16.0 Å². The fourth-order valence-corrected chi connectivity index (χ4v) is 4.74. The highest BCUT2D eigenvalue weighted by Gasteiger charge is 2.23. The third kappa shape index (κ3) is 5.07. The van der Waals surface area contributed by atoms with Gasteiger partial charge in [-0.3, -0.25) is 9.54 Å². The van der Waals surface area contributed by atoms with E-state index in [-0.39, 0.29) is 12.3 Å². The van der Waals surface area contributed by atoms with Crippen LogP contribution in [0, 0.1) is 6.92 Å². The molecule has 2 aromatic carbocycles. The number of rotatable bonds is 7. The Labute approximate surface area is 188 Å². The molecule has 0 spiro atoms. The van der Waals surface area contributed by atoms with Gasteiger partial charge < -0.3 is 10.0 Å². The number of hydrogen-bond donors (Lipinski definition) is 2. The summed E-state index contributed by atoms with van der Waals surface area (Å²) in [6.07, 6.45) is 5.52. The van der Waals surface area contributed by atoms with Gasteiger partial charge in [-0.2, -0.15) is 8.42 Å². The molecular weight excluding hydrogens is 428 g/mol. The van der Waals surface area contributed by atoms with E-state index in [0.717, 1.165) is 41.4 Å². The summed E-state index contributed by atoms with van der Waals surface area (Å²) in [7, 11) is -4.40. The molecule has 2 N–H and O–H groups in total. The van der Waals surface area contributed by atoms with Crippen LogP contribution >= 0.6 is 0 Å². The first kappa shape index (κ1) is 22.2. The van der Waals surface area contributed by atoms with Gasteiger partial charge in [-0.25, -0.2) is 9.29 Å². The summed E-state index contributed by atoms with van der Waals surface area (Å²) in [6, 6.07) is 12.0. The van der Waals surface area contributed by atoms with Crippen molar-refractivity contribution in [1.29, 1.82) is 0 Å². The minimum atomic E-state index is -4.40. The Bertz CT molecular complexity index is 1190. The maximum Gasteiger partial charge on any atom is 0.360 e. The van der Waals surface area contributed by atoms with E-state index < -0.39 is 10.3 Å². The number of aryl methyl sites for hydroxylation is 1. The van der Waals surface area contributed by atoms with Gasteiger partial charge in [0.2, 0.25) is 0 Å². The number of nitrogens with zero attached hydrogens (tertiary/aromatic N) is 4. The molecule has 0 aliphatic carbocycles. The molecule has 32 heavy (non-hydrogen) atoms. The second-order valence-electron chi connectivity index (χ2n) is 7.94. The van der Waals surface area contributed by atoms with Gasteiger partial charge in [0.25, 0.3) is 0 Å². The standard InChI is InChI=1S/C23H26N4O4S/c1-17-14-19(22-16-24-15-21(25-22)18-4-7-20(28)8-5-18)6-9-23(17)27(32(29,30)31)13-12-26-10-2-3-11-26/h4-9,14-16,28H,2-3,10-13H2,1H3,(H,29,30,31). The summed E-state index contributed by atoms with van der Waals surface area (Å²) >= 11 is 0. The van der Waals surface area contributed by atoms with E-state index in [1.54, 1.807) is 48.8 Å². The first-order valence-corrected chi connectivity index (χ1v) is 11.9. The molecule has 4 rings (SSSR count). The Morgan fingerprint density at radius 3 is 2.25 bits per heavy atom. The third-order valence-electron chi connectivity index (χ3n) is 5.66. The lowest BCUT2D eigenvalue weighted by atomic mass is 10.1. The van der Waals surface area contributed by atoms with E-state index >= 15 is 0 Å². The Kier molecular flexibility index (Phi) is 6.40. The van der Waals surface area contributed by atoms with Gasteiger partial charge in [-0.1, -0.05) is 6.07 Å². The maximum absolute atomic E-state index is 12.1. The fourth-order valence-electron chi connectivity index (χ4n) is 3.97. The van der Waals surface area contributed by atoms with Crippen LogP contribution in [0.3, 0.4) is 0 Å². The molecule has 1 aromatic heterocycles. The quantitative estimate of drug-likeness (QED) is 0.526. The third-order valence-corrected chi connectivity index (χ3v) is 6.59. The highest BCUT2D eigenvalue weighted by Crippen LogP contribution is 2.29. The number of benzene rings is 2. The molecular formula is C23H26N4O4S. The monoisotopic (exact) mass is 454 g/mol. The van der Waals surface area contributed by atoms with Gasteiger partial charge in [0.1, 0.15) is 5.75 Å². The second-order valence-corrected chi connectivity index (χ2v) is 9.27. The smallest absolute Gasteiger partial charge is 0.360 e. The fraction of sp³-hybridized carbons (Fsp3) is 0.304. The number of phenolic OH excluding ortho intramolecular Hbond substituents is 1. The van der Waals surface area contributed by atoms with Gasteiger partial charge >= 0.3 is 10.3 Å². The molecule has 0 atom stereocenters. The number of aromatic nitrogens is 2. The Morgan fingerprint density at radius 2 is 1.62 bits per heavy atom. The van der Waals surface area contributed by atoms with Crippen LogP contribution in [0.4, 0.5) is 5.69 Å². The van der Waals surface area contributed by atoms with E-state index in [2.05, 4.69) is 14.9 Å². The van der Waals surface area contributed by atoms with Gasteiger partial charge in [-0.05, 0) is 74.8 Å². The number of likely N-dealkylation sites (tertiary alicyclic amines) is 1. The highest BCUT2D eigenvalue weighted by molar-refractivity contribution is 7.87. The summed E-state index contributed by atoms with van der Waals surface area (Å²) in [5.41, 5.74) is 4.06. The molecule has 2 heterocycles. The van der Waals surface area contributed by atoms with Crippen molar-refractivity contribution in [2.24, 2.45) is 0 Å². The topological polar surface area (TPSA) is 107 Å². The van der Waals surface area contributed by atoms with Gasteiger partial charge in [0, 0.05) is 24.2 Å². The van der Waals surface area contributed by atoms with E-state index in [1.807, 2.05) is 13.0 Å². The average molecular weight is 455 g/mol. The molecule has 1 aliphatic rings. The molecule has 0 unspecified atom stereocenters. The summed E-state index contributed by atoms with van der Waals surface area (Å²) < 4.78 is 35.1. The van der Waals surface area contributed by atoms with Crippen molar-refractivity contribution in [3.63, 3.8) is 0 Å². The second kappa shape index (κ2) is 9.23. The normalized spacial score (nSPS) is 14.6. The molecule has 168 valence electrons. The number of aromatic hydroxyl groups is 1. The predicted octanol–water partition coefficient (Wildman–Crippen LogP) is 3.53. The molecule has 0 saturated carbocycles. The van der Waals surface area contributed by atoms with Gasteiger partial charge in [0.05, 0.1) is 29.5 Å². The zero-order chi connectivity index (χ0) is 22.7. The Hall–Kier alpha value is -3.01. The van der Waals surface area contributed by atoms with Crippen LogP contribution in [0.25, 0.3) is 22.5 Å². The largest absolute Gasteiger partial charge is 0.508 e. The Balaban J connectivity index is 1.60. The molecule has 0 radical (unpaired) electrons. The minimum absolute atomic E-state index is 0.178. The summed E-state index contributed by atoms with van der Waals surface area (Å²) in [5, 5.41) is 9.49. The van der Waals surface area contributed by atoms with Crippen LogP contribution in [-0.4, -0.2) is 59.1 Å². The van der Waals surface area contributed by atoms with Gasteiger partial charge in [0.15, 0.2) is 0 Å². The van der Waals surface area contributed by atoms with Gasteiger partial charge in [-0.15, -0.1) is 0 Å². The van der Waals surface area contributed by atoms with E-state index in [0.29, 0.717) is 29.2 Å². The molecule has 0 amide bonds. The first-order valence-electron chi connectivity index (χ1n) is 10.5. The highest BCUT2D eigenvalue weighted by atomic mass is 32.2. The van der Waals surface area contributed by atoms with E-state index in [1.165, 1.54) is 0 Å². The number of anilines is 1. The number of phenols is 1. The Morgan fingerprint density at radius 1 is 1.00 bits per heavy atom. The lowest BCUT2D eigenvalue weighted by molar-refractivity contribution is 0.347. The lowest BCUT2D eigenvalue weighted by Crippen LogP contribution is -2.38. The van der Waals surface area contributed by atoms with E-state index in [9.17, 15) is 18.1 Å². The predicted molar refractivity (Wildman–Crippen MR) is 124 cm³/mol. The van der Waals surface area contributed by atoms with Crippen LogP contribution in [0.1, 0.15) is 18.4 Å². The van der Waals surface area contributed by atoms with Crippen molar-refractivity contribution in [3.8, 4) is 28.3 Å². The van der Waals surface area contributed by atoms with Crippen LogP contribution in [-0.2, 0) is 10.3 Å². The SMILES string of the molecule is Cc1cc(-c2cncc(-c3ccc(O)cc3)n2)ccc1N(CCN1CCCC1)S(=O)(=O)O. The summed E-state index contributed by atoms with van der Waals surface area (Å²) in [5.74, 6) is 0.178. The van der Waals surface area contributed by atoms with Crippen LogP contribution in [0.15, 0.2) is 54.9 Å². The molecule has 1 aliphatic heterocycles. The van der Waals surface area contributed by atoms with Crippen molar-refractivity contribution in [2.75, 3.05) is 30.5 Å². The van der Waals surface area contributed by atoms with Crippen LogP contribution in [0.2, 0.25) is 0 Å². The average Bonchev–Trinajstić information content (AvgIpc) is 3.28. The molecule has 8 nitrogen and oxygen atoms in total. The van der Waals surface area contributed by atoms with Crippen molar-refractivity contribution in [3.05, 3.63) is 60.4 Å². The molecule has 1 saturated heterocycles. The number of hydrogen-bond acceptors (Lipinski definition) is 6. The maximum atomic E-state index is 12.1. The van der Waals surface area contributed by atoms with Crippen LogP contribution in [0.5, 0.6) is 5.75 Å². The summed E-state index contributed by atoms with van der Waals surface area (Å²) in [4.78, 5) is 11.1.